The number of aliphatic carboxylic acids is 1. The minimum Gasteiger partial charge on any atom is -0.481 e. The first-order valence-electron chi connectivity index (χ1n) is 21.6. The number of rotatable bonds is 8. The molecule has 7 rings (SSSR count). The lowest BCUT2D eigenvalue weighted by Crippen LogP contribution is -2.67. The van der Waals surface area contributed by atoms with Gasteiger partial charge >= 0.3 is 17.9 Å². The van der Waals surface area contributed by atoms with Crippen molar-refractivity contribution in [1.82, 2.24) is 0 Å². The molecular formula is C50H64Cl2O6. The molecule has 2 aromatic rings. The molecule has 0 amide bonds. The van der Waals surface area contributed by atoms with Crippen molar-refractivity contribution in [3.63, 3.8) is 0 Å². The molecule has 0 radical (unpaired) electrons. The van der Waals surface area contributed by atoms with Gasteiger partial charge in [0, 0.05) is 33.9 Å². The number of halogens is 2. The van der Waals surface area contributed by atoms with Crippen LogP contribution in [0.2, 0.25) is 10.0 Å². The van der Waals surface area contributed by atoms with Gasteiger partial charge in [0.1, 0.15) is 17.6 Å². The monoisotopic (exact) mass is 830 g/mol. The molecule has 0 heterocycles. The van der Waals surface area contributed by atoms with E-state index in [1.54, 1.807) is 0 Å². The second-order valence-electron chi connectivity index (χ2n) is 21.1. The maximum absolute atomic E-state index is 13.8. The van der Waals surface area contributed by atoms with Crippen molar-refractivity contribution in [2.45, 2.75) is 145 Å². The van der Waals surface area contributed by atoms with Crippen molar-refractivity contribution >= 4 is 41.1 Å². The summed E-state index contributed by atoms with van der Waals surface area (Å²) in [4.78, 5) is 40.6. The zero-order valence-corrected chi connectivity index (χ0v) is 37.6. The third kappa shape index (κ3) is 6.98. The van der Waals surface area contributed by atoms with Gasteiger partial charge in [-0.05, 0) is 134 Å². The van der Waals surface area contributed by atoms with Crippen LogP contribution in [0.25, 0.3) is 0 Å². The van der Waals surface area contributed by atoms with Crippen LogP contribution in [-0.4, -0.2) is 35.2 Å². The van der Waals surface area contributed by atoms with Gasteiger partial charge in [0.25, 0.3) is 0 Å². The second kappa shape index (κ2) is 15.1. The standard InChI is InChI=1S/C50H64Cl2O6/c1-30(2)25-42(53)58-41-29-45(3,4)28-35-34-17-18-39-47(7)21-20-40(46(5,6)38(47)19-22-49(39,9)48(34,8)23-24-50(35,41)44(55)56)57-43(54)27-32-14-11-10-13-31(32)26-33-36(51)15-12-16-37(33)52/h10-17,25,35,38-41H,18-24,26-29H2,1-9H3,(H,55,56)/t35-,38-,39+,40-,41+,47-,48+,49+,50-/m0/s1. The molecule has 1 N–H and O–H groups in total. The number of hydrogen-bond acceptors (Lipinski definition) is 5. The first-order valence-corrected chi connectivity index (χ1v) is 22.3. The summed E-state index contributed by atoms with van der Waals surface area (Å²) in [6, 6.07) is 13.5. The smallest absolute Gasteiger partial charge is 0.330 e. The van der Waals surface area contributed by atoms with E-state index in [2.05, 4.69) is 54.5 Å². The Morgan fingerprint density at radius 1 is 0.793 bits per heavy atom. The predicted octanol–water partition coefficient (Wildman–Crippen LogP) is 12.4. The molecule has 0 spiro atoms. The third-order valence-corrected chi connectivity index (χ3v) is 17.5. The van der Waals surface area contributed by atoms with Crippen molar-refractivity contribution < 1.29 is 29.0 Å². The summed E-state index contributed by atoms with van der Waals surface area (Å²) >= 11 is 13.1. The molecule has 58 heavy (non-hydrogen) atoms. The van der Waals surface area contributed by atoms with E-state index in [-0.39, 0.29) is 51.5 Å². The topological polar surface area (TPSA) is 89.9 Å². The Labute approximate surface area is 356 Å². The number of benzene rings is 2. The van der Waals surface area contributed by atoms with Crippen LogP contribution < -0.4 is 0 Å². The molecule has 9 atom stereocenters. The number of carboxylic acids is 1. The molecule has 0 unspecified atom stereocenters. The summed E-state index contributed by atoms with van der Waals surface area (Å²) in [5.74, 6) is -0.948. The molecule has 314 valence electrons. The van der Waals surface area contributed by atoms with E-state index in [4.69, 9.17) is 32.7 Å². The second-order valence-corrected chi connectivity index (χ2v) is 21.9. The van der Waals surface area contributed by atoms with Gasteiger partial charge in [-0.25, -0.2) is 4.79 Å². The molecule has 0 aliphatic heterocycles. The minimum absolute atomic E-state index is 0.0147. The van der Waals surface area contributed by atoms with Gasteiger partial charge in [-0.15, -0.1) is 0 Å². The van der Waals surface area contributed by atoms with E-state index >= 15 is 0 Å². The van der Waals surface area contributed by atoms with Gasteiger partial charge < -0.3 is 14.6 Å². The lowest BCUT2D eigenvalue weighted by Gasteiger charge is -2.71. The Morgan fingerprint density at radius 3 is 2.12 bits per heavy atom. The van der Waals surface area contributed by atoms with Gasteiger partial charge in [0.2, 0.25) is 0 Å². The number of ether oxygens (including phenoxy) is 2. The highest BCUT2D eigenvalue weighted by atomic mass is 35.5. The van der Waals surface area contributed by atoms with E-state index in [1.165, 1.54) is 11.6 Å². The Kier molecular flexibility index (Phi) is 11.2. The number of carbonyl (C=O) groups is 3. The Balaban J connectivity index is 1.13. The van der Waals surface area contributed by atoms with Gasteiger partial charge in [0.05, 0.1) is 6.42 Å². The van der Waals surface area contributed by atoms with Crippen molar-refractivity contribution in [3.8, 4) is 0 Å². The third-order valence-electron chi connectivity index (χ3n) is 16.8. The summed E-state index contributed by atoms with van der Waals surface area (Å²) in [6.45, 7) is 20.2. The van der Waals surface area contributed by atoms with E-state index in [0.717, 1.165) is 67.2 Å². The van der Waals surface area contributed by atoms with Crippen molar-refractivity contribution in [2.24, 2.45) is 50.2 Å². The Bertz CT molecular complexity index is 2020. The quantitative estimate of drug-likeness (QED) is 0.162. The summed E-state index contributed by atoms with van der Waals surface area (Å²) in [7, 11) is 0. The highest BCUT2D eigenvalue weighted by molar-refractivity contribution is 6.36. The molecule has 6 nitrogen and oxygen atoms in total. The first-order chi connectivity index (χ1) is 27.1. The zero-order chi connectivity index (χ0) is 42.2. The zero-order valence-electron chi connectivity index (χ0n) is 36.1. The molecule has 0 bridgehead atoms. The van der Waals surface area contributed by atoms with Crippen molar-refractivity contribution in [2.75, 3.05) is 0 Å². The lowest BCUT2D eigenvalue weighted by atomic mass is 9.33. The largest absolute Gasteiger partial charge is 0.481 e. The van der Waals surface area contributed by atoms with Crippen LogP contribution >= 0.6 is 23.2 Å². The van der Waals surface area contributed by atoms with E-state index in [9.17, 15) is 19.5 Å². The summed E-state index contributed by atoms with van der Waals surface area (Å²) in [6.07, 6.45) is 11.0. The number of hydrogen-bond donors (Lipinski definition) is 1. The highest BCUT2D eigenvalue weighted by Gasteiger charge is 2.71. The summed E-state index contributed by atoms with van der Waals surface area (Å²) in [5, 5.41) is 12.4. The average Bonchev–Trinajstić information content (AvgIpc) is 3.11. The van der Waals surface area contributed by atoms with Gasteiger partial charge in [-0.1, -0.05) is 119 Å². The molecule has 4 fully saturated rings. The van der Waals surface area contributed by atoms with Crippen LogP contribution in [0.5, 0.6) is 0 Å². The maximum atomic E-state index is 13.8. The SMILES string of the molecule is CC(C)=CC(=O)O[C@@H]1CC(C)(C)C[C@H]2C3=CC[C@@H]4[C@@]5(C)CC[C@H](OC(=O)Cc6ccccc6Cc6c(Cl)cccc6Cl)C(C)(C)[C@@H]5CC[C@@]4(C)[C@]3(C)CC[C@@]12C(=O)O. The molecule has 8 heteroatoms. The molecule has 5 aliphatic carbocycles. The molecule has 2 aromatic carbocycles. The minimum atomic E-state index is -1.15. The highest BCUT2D eigenvalue weighted by Crippen LogP contribution is 2.76. The van der Waals surface area contributed by atoms with Gasteiger partial charge in [-0.3, -0.25) is 9.59 Å². The number of esters is 2. The lowest BCUT2D eigenvalue weighted by molar-refractivity contribution is -0.220. The molecule has 0 saturated heterocycles. The van der Waals surface area contributed by atoms with E-state index in [0.29, 0.717) is 41.1 Å². The predicted molar refractivity (Wildman–Crippen MR) is 231 cm³/mol. The fourth-order valence-corrected chi connectivity index (χ4v) is 14.2. The molecule has 4 saturated carbocycles. The average molecular weight is 832 g/mol. The first kappa shape index (κ1) is 43.0. The fourth-order valence-electron chi connectivity index (χ4n) is 13.7. The van der Waals surface area contributed by atoms with Crippen molar-refractivity contribution in [3.05, 3.63) is 92.5 Å². The van der Waals surface area contributed by atoms with Crippen LogP contribution in [0.3, 0.4) is 0 Å². The fraction of sp³-hybridized carbons (Fsp3) is 0.620. The van der Waals surface area contributed by atoms with Gasteiger partial charge in [0.15, 0.2) is 0 Å². The Hall–Kier alpha value is -3.09. The number of carbonyl (C=O) groups excluding carboxylic acids is 2. The van der Waals surface area contributed by atoms with Crippen LogP contribution in [0.15, 0.2) is 65.8 Å². The maximum Gasteiger partial charge on any atom is 0.330 e. The number of carboxylic acid groups (broad SMARTS) is 1. The molecule has 5 aliphatic rings. The van der Waals surface area contributed by atoms with Crippen LogP contribution in [0.4, 0.5) is 0 Å². The van der Waals surface area contributed by atoms with Crippen molar-refractivity contribution in [1.29, 1.82) is 0 Å². The van der Waals surface area contributed by atoms with E-state index < -0.39 is 23.5 Å². The molecular weight excluding hydrogens is 767 g/mol. The summed E-state index contributed by atoms with van der Waals surface area (Å²) in [5.41, 5.74) is 3.11. The normalized spacial score (nSPS) is 35.8. The number of allylic oxidation sites excluding steroid dienone is 3. The van der Waals surface area contributed by atoms with Crippen LogP contribution in [-0.2, 0) is 36.7 Å². The molecule has 0 aromatic heterocycles. The van der Waals surface area contributed by atoms with Gasteiger partial charge in [-0.2, -0.15) is 0 Å². The van der Waals surface area contributed by atoms with E-state index in [1.807, 2.05) is 56.3 Å². The summed E-state index contributed by atoms with van der Waals surface area (Å²) < 4.78 is 12.7. The number of fused-ring (bicyclic) bond motifs is 7. The van der Waals surface area contributed by atoms with Crippen LogP contribution in [0.1, 0.15) is 137 Å². The van der Waals surface area contributed by atoms with Crippen LogP contribution in [0, 0.1) is 50.2 Å². The Morgan fingerprint density at radius 2 is 1.47 bits per heavy atom.